The summed E-state index contributed by atoms with van der Waals surface area (Å²) in [5, 5.41) is 2.63. The van der Waals surface area contributed by atoms with Gasteiger partial charge in [0.2, 0.25) is 0 Å². The number of benzene rings is 2. The van der Waals surface area contributed by atoms with E-state index in [0.29, 0.717) is 5.56 Å². The number of carbonyl (C=O) groups excluding carboxylic acids is 1. The van der Waals surface area contributed by atoms with E-state index >= 15 is 0 Å². The lowest BCUT2D eigenvalue weighted by molar-refractivity contribution is -0.887. The van der Waals surface area contributed by atoms with Gasteiger partial charge < -0.3 is 10.2 Å². The zero-order valence-corrected chi connectivity index (χ0v) is 13.2. The monoisotopic (exact) mass is 295 g/mol. The van der Waals surface area contributed by atoms with Crippen molar-refractivity contribution in [2.24, 2.45) is 0 Å². The van der Waals surface area contributed by atoms with Gasteiger partial charge in [0, 0.05) is 18.2 Å². The Morgan fingerprint density at radius 2 is 1.77 bits per heavy atom. The maximum absolute atomic E-state index is 11.5. The molecule has 0 saturated heterocycles. The molecule has 1 atom stereocenters. The zero-order valence-electron chi connectivity index (χ0n) is 13.2. The Hall–Kier alpha value is -2.39. The van der Waals surface area contributed by atoms with Gasteiger partial charge in [-0.15, -0.1) is 0 Å². The number of amides is 1. The van der Waals surface area contributed by atoms with Crippen molar-refractivity contribution in [3.63, 3.8) is 0 Å². The number of quaternary nitrogens is 1. The lowest BCUT2D eigenvalue weighted by Gasteiger charge is -2.12. The van der Waals surface area contributed by atoms with Crippen LogP contribution in [0.5, 0.6) is 0 Å². The minimum absolute atomic E-state index is 0.0435. The Kier molecular flexibility index (Phi) is 5.92. The molecule has 0 heterocycles. The van der Waals surface area contributed by atoms with E-state index in [1.165, 1.54) is 16.0 Å². The lowest BCUT2D eigenvalue weighted by Crippen LogP contribution is -3.07. The minimum Gasteiger partial charge on any atom is -0.355 e. The Morgan fingerprint density at radius 1 is 1.09 bits per heavy atom. The number of rotatable bonds is 6. The van der Waals surface area contributed by atoms with Gasteiger partial charge in [-0.25, -0.2) is 0 Å². The Balaban J connectivity index is 1.85. The van der Waals surface area contributed by atoms with Crippen LogP contribution in [0.3, 0.4) is 0 Å². The van der Waals surface area contributed by atoms with Crippen molar-refractivity contribution in [1.29, 1.82) is 0 Å². The molecule has 2 aromatic rings. The molecule has 114 valence electrons. The van der Waals surface area contributed by atoms with Crippen molar-refractivity contribution in [3.05, 3.63) is 77.4 Å². The highest BCUT2D eigenvalue weighted by Crippen LogP contribution is 2.03. The molecule has 0 bridgehead atoms. The highest BCUT2D eigenvalue weighted by molar-refractivity contribution is 5.93. The maximum Gasteiger partial charge on any atom is 0.251 e. The molecule has 0 fully saturated rings. The predicted octanol–water partition coefficient (Wildman–Crippen LogP) is 1.77. The summed E-state index contributed by atoms with van der Waals surface area (Å²) in [5.74, 6) is -0.0435. The van der Waals surface area contributed by atoms with Crippen LogP contribution in [0.1, 0.15) is 21.5 Å². The third-order valence-corrected chi connectivity index (χ3v) is 3.53. The Labute approximate surface area is 132 Å². The average molecular weight is 295 g/mol. The van der Waals surface area contributed by atoms with Crippen molar-refractivity contribution in [2.45, 2.75) is 6.54 Å². The average Bonchev–Trinajstić information content (AvgIpc) is 2.56. The summed E-state index contributed by atoms with van der Waals surface area (Å²) < 4.78 is 0. The molecule has 2 aromatic carbocycles. The fourth-order valence-electron chi connectivity index (χ4n) is 2.30. The topological polar surface area (TPSA) is 33.5 Å². The van der Waals surface area contributed by atoms with Crippen LogP contribution < -0.4 is 10.2 Å². The molecular weight excluding hydrogens is 272 g/mol. The second-order valence-corrected chi connectivity index (χ2v) is 5.43. The summed E-state index contributed by atoms with van der Waals surface area (Å²) in [5.41, 5.74) is 3.16. The second kappa shape index (κ2) is 8.15. The number of likely N-dealkylation sites (N-methyl/N-ethyl adjacent to an activating group) is 1. The van der Waals surface area contributed by atoms with Crippen LogP contribution in [0, 0.1) is 0 Å². The van der Waals surface area contributed by atoms with Crippen LogP contribution in [-0.4, -0.2) is 26.5 Å². The molecule has 2 rings (SSSR count). The normalized spacial score (nSPS) is 12.3. The Bertz CT molecular complexity index is 618. The quantitative estimate of drug-likeness (QED) is 0.837. The van der Waals surface area contributed by atoms with Crippen LogP contribution in [0.25, 0.3) is 6.08 Å². The van der Waals surface area contributed by atoms with Gasteiger partial charge in [0.25, 0.3) is 5.91 Å². The van der Waals surface area contributed by atoms with E-state index in [2.05, 4.69) is 36.6 Å². The first-order chi connectivity index (χ1) is 10.7. The Morgan fingerprint density at radius 3 is 2.41 bits per heavy atom. The number of hydrogen-bond acceptors (Lipinski definition) is 1. The van der Waals surface area contributed by atoms with Crippen molar-refractivity contribution < 1.29 is 9.69 Å². The number of carbonyl (C=O) groups is 1. The van der Waals surface area contributed by atoms with Crippen molar-refractivity contribution in [1.82, 2.24) is 5.32 Å². The standard InChI is InChI=1S/C19H22N2O/c1-20-19(22)18-12-10-17(11-13-18)15-21(2)14-6-9-16-7-4-3-5-8-16/h3-13H,14-15H2,1-2H3,(H,20,22)/p+1/b9-6+. The fourth-order valence-corrected chi connectivity index (χ4v) is 2.30. The van der Waals surface area contributed by atoms with Gasteiger partial charge in [0.1, 0.15) is 6.54 Å². The molecule has 1 amide bonds. The molecule has 3 nitrogen and oxygen atoms in total. The highest BCUT2D eigenvalue weighted by atomic mass is 16.1. The molecule has 0 aliphatic heterocycles. The van der Waals surface area contributed by atoms with E-state index in [-0.39, 0.29) is 5.91 Å². The molecule has 2 N–H and O–H groups in total. The van der Waals surface area contributed by atoms with Gasteiger partial charge in [0.15, 0.2) is 0 Å². The van der Waals surface area contributed by atoms with Crippen LogP contribution in [0.2, 0.25) is 0 Å². The first-order valence-electron chi connectivity index (χ1n) is 7.53. The molecule has 1 unspecified atom stereocenters. The van der Waals surface area contributed by atoms with Gasteiger partial charge in [-0.1, -0.05) is 48.5 Å². The van der Waals surface area contributed by atoms with Crippen molar-refractivity contribution in [3.8, 4) is 0 Å². The summed E-state index contributed by atoms with van der Waals surface area (Å²) in [6.07, 6.45) is 4.35. The molecular formula is C19H23N2O+. The van der Waals surface area contributed by atoms with Crippen LogP contribution >= 0.6 is 0 Å². The highest BCUT2D eigenvalue weighted by Gasteiger charge is 2.05. The minimum atomic E-state index is -0.0435. The largest absolute Gasteiger partial charge is 0.355 e. The van der Waals surface area contributed by atoms with Crippen molar-refractivity contribution >= 4 is 12.0 Å². The van der Waals surface area contributed by atoms with Crippen LogP contribution in [0.4, 0.5) is 0 Å². The maximum atomic E-state index is 11.5. The first-order valence-corrected chi connectivity index (χ1v) is 7.53. The summed E-state index contributed by atoms with van der Waals surface area (Å²) in [4.78, 5) is 12.9. The fraction of sp³-hybridized carbons (Fsp3) is 0.211. The van der Waals surface area contributed by atoms with Gasteiger partial charge in [-0.05, 0) is 23.8 Å². The van der Waals surface area contributed by atoms with Crippen LogP contribution in [-0.2, 0) is 6.54 Å². The summed E-state index contributed by atoms with van der Waals surface area (Å²) in [6, 6.07) is 18.1. The molecule has 0 aromatic heterocycles. The molecule has 0 aliphatic rings. The predicted molar refractivity (Wildman–Crippen MR) is 90.8 cm³/mol. The molecule has 22 heavy (non-hydrogen) atoms. The SMILES string of the molecule is CNC(=O)c1ccc(C[NH+](C)C/C=C/c2ccccc2)cc1. The second-order valence-electron chi connectivity index (χ2n) is 5.43. The first kappa shape index (κ1) is 16.0. The van der Waals surface area contributed by atoms with E-state index in [4.69, 9.17) is 0 Å². The summed E-state index contributed by atoms with van der Waals surface area (Å²) in [6.45, 7) is 1.90. The summed E-state index contributed by atoms with van der Waals surface area (Å²) >= 11 is 0. The molecule has 0 saturated carbocycles. The third kappa shape index (κ3) is 4.86. The van der Waals surface area contributed by atoms with Gasteiger partial charge in [-0.2, -0.15) is 0 Å². The summed E-state index contributed by atoms with van der Waals surface area (Å²) in [7, 11) is 3.81. The van der Waals surface area contributed by atoms with E-state index in [1.54, 1.807) is 7.05 Å². The molecule has 0 spiro atoms. The van der Waals surface area contributed by atoms with Gasteiger partial charge in [-0.3, -0.25) is 4.79 Å². The van der Waals surface area contributed by atoms with E-state index in [0.717, 1.165) is 13.1 Å². The van der Waals surface area contributed by atoms with Crippen LogP contribution in [0.15, 0.2) is 60.7 Å². The van der Waals surface area contributed by atoms with E-state index in [9.17, 15) is 4.79 Å². The molecule has 0 radical (unpaired) electrons. The van der Waals surface area contributed by atoms with E-state index < -0.39 is 0 Å². The van der Waals surface area contributed by atoms with Gasteiger partial charge >= 0.3 is 0 Å². The van der Waals surface area contributed by atoms with E-state index in [1.807, 2.05) is 42.5 Å². The number of nitrogens with one attached hydrogen (secondary N) is 2. The smallest absolute Gasteiger partial charge is 0.251 e. The van der Waals surface area contributed by atoms with Gasteiger partial charge in [0.05, 0.1) is 13.6 Å². The lowest BCUT2D eigenvalue weighted by atomic mass is 10.1. The molecule has 3 heteroatoms. The number of hydrogen-bond donors (Lipinski definition) is 2. The zero-order chi connectivity index (χ0) is 15.8. The molecule has 0 aliphatic carbocycles. The third-order valence-electron chi connectivity index (χ3n) is 3.53. The van der Waals surface area contributed by atoms with Crippen molar-refractivity contribution in [2.75, 3.05) is 20.6 Å².